The number of nitrogens with one attached hydrogen (secondary N) is 4. The van der Waals surface area contributed by atoms with Crippen LogP contribution in [0.25, 0.3) is 0 Å². The van der Waals surface area contributed by atoms with E-state index in [1.165, 1.54) is 20.8 Å². The molecule has 1 fully saturated rings. The maximum absolute atomic E-state index is 11.4. The molecular weight excluding hydrogens is 314 g/mol. The molecule has 0 saturated carbocycles. The number of carbonyl (C=O) groups is 3. The van der Waals surface area contributed by atoms with Crippen molar-refractivity contribution in [2.75, 3.05) is 52.4 Å². The van der Waals surface area contributed by atoms with Crippen LogP contribution in [0.1, 0.15) is 20.8 Å². The van der Waals surface area contributed by atoms with E-state index >= 15 is 0 Å². The molecule has 0 aromatic rings. The Morgan fingerprint density at radius 3 is 1.21 bits per heavy atom. The Morgan fingerprint density at radius 1 is 0.625 bits per heavy atom. The van der Waals surface area contributed by atoms with Gasteiger partial charge in [-0.25, -0.2) is 15.0 Å². The van der Waals surface area contributed by atoms with E-state index in [9.17, 15) is 14.4 Å². The molecule has 0 radical (unpaired) electrons. The summed E-state index contributed by atoms with van der Waals surface area (Å²) in [6.07, 6.45) is 0. The zero-order valence-corrected chi connectivity index (χ0v) is 14.7. The topological polar surface area (TPSA) is 109 Å². The fourth-order valence-electron chi connectivity index (χ4n) is 2.37. The highest BCUT2D eigenvalue weighted by molar-refractivity contribution is 5.72. The van der Waals surface area contributed by atoms with Gasteiger partial charge in [-0.3, -0.25) is 30.7 Å². The lowest BCUT2D eigenvalue weighted by Gasteiger charge is -2.31. The second kappa shape index (κ2) is 10.9. The lowest BCUT2D eigenvalue weighted by atomic mass is 10.4. The van der Waals surface area contributed by atoms with Crippen molar-refractivity contribution in [3.05, 3.63) is 0 Å². The molecule has 1 aliphatic heterocycles. The first-order chi connectivity index (χ1) is 11.4. The number of rotatable bonds is 3. The van der Waals surface area contributed by atoms with Crippen molar-refractivity contribution < 1.29 is 14.4 Å². The quantitative estimate of drug-likeness (QED) is 0.454. The van der Waals surface area contributed by atoms with Crippen LogP contribution in [0.3, 0.4) is 0 Å². The van der Waals surface area contributed by atoms with Crippen LogP contribution in [0, 0.1) is 0 Å². The predicted molar refractivity (Wildman–Crippen MR) is 89.0 cm³/mol. The summed E-state index contributed by atoms with van der Waals surface area (Å²) in [5.74, 6) is -0.393. The first kappa shape index (κ1) is 20.3. The zero-order valence-electron chi connectivity index (χ0n) is 14.7. The molecule has 0 bridgehead atoms. The van der Waals surface area contributed by atoms with Crippen LogP contribution in [-0.2, 0) is 14.4 Å². The van der Waals surface area contributed by atoms with Crippen LogP contribution < -0.4 is 21.6 Å². The van der Waals surface area contributed by atoms with E-state index in [0.29, 0.717) is 52.4 Å². The Hall–Kier alpha value is -1.75. The molecule has 1 rings (SSSR count). The highest BCUT2D eigenvalue weighted by Crippen LogP contribution is 1.92. The number of hydrogen-bond acceptors (Lipinski definition) is 7. The smallest absolute Gasteiger partial charge is 0.231 e. The second-order valence-corrected chi connectivity index (χ2v) is 5.72. The summed E-state index contributed by atoms with van der Waals surface area (Å²) in [6, 6.07) is 0. The van der Waals surface area contributed by atoms with Gasteiger partial charge in [0.25, 0.3) is 0 Å². The van der Waals surface area contributed by atoms with Gasteiger partial charge in [0.1, 0.15) is 0 Å². The van der Waals surface area contributed by atoms with Crippen molar-refractivity contribution in [3.8, 4) is 0 Å². The Bertz CT molecular complexity index is 403. The van der Waals surface area contributed by atoms with Gasteiger partial charge in [0.15, 0.2) is 0 Å². The molecule has 0 aromatic heterocycles. The minimum absolute atomic E-state index is 0.120. The Kier molecular flexibility index (Phi) is 9.23. The maximum atomic E-state index is 11.4. The highest BCUT2D eigenvalue weighted by atomic mass is 16.2. The second-order valence-electron chi connectivity index (χ2n) is 5.72. The van der Waals surface area contributed by atoms with Gasteiger partial charge < -0.3 is 5.32 Å². The van der Waals surface area contributed by atoms with Gasteiger partial charge >= 0.3 is 0 Å². The lowest BCUT2D eigenvalue weighted by molar-refractivity contribution is -0.127. The molecule has 0 spiro atoms. The van der Waals surface area contributed by atoms with Crippen molar-refractivity contribution >= 4 is 17.7 Å². The molecular formula is C14H29N7O3. The Morgan fingerprint density at radius 2 is 0.917 bits per heavy atom. The molecule has 1 aliphatic rings. The van der Waals surface area contributed by atoms with Crippen molar-refractivity contribution in [2.45, 2.75) is 20.8 Å². The van der Waals surface area contributed by atoms with Gasteiger partial charge in [0, 0.05) is 73.1 Å². The minimum atomic E-state index is -0.152. The van der Waals surface area contributed by atoms with E-state index in [1.54, 1.807) is 5.01 Å². The van der Waals surface area contributed by atoms with Gasteiger partial charge in [-0.05, 0) is 0 Å². The largest absolute Gasteiger partial charge is 0.314 e. The summed E-state index contributed by atoms with van der Waals surface area (Å²) in [7, 11) is 0. The van der Waals surface area contributed by atoms with E-state index in [2.05, 4.69) is 21.6 Å². The van der Waals surface area contributed by atoms with Crippen LogP contribution >= 0.6 is 0 Å². The SMILES string of the molecule is CC(=O)NN1CCNCCN(NC(C)=O)CCN(NC(C)=O)CC1. The fourth-order valence-corrected chi connectivity index (χ4v) is 2.37. The fraction of sp³-hybridized carbons (Fsp3) is 0.786. The third-order valence-corrected chi connectivity index (χ3v) is 3.34. The zero-order chi connectivity index (χ0) is 17.9. The van der Waals surface area contributed by atoms with E-state index in [-0.39, 0.29) is 17.7 Å². The van der Waals surface area contributed by atoms with Crippen LogP contribution in [0.5, 0.6) is 0 Å². The van der Waals surface area contributed by atoms with Gasteiger partial charge in [-0.2, -0.15) is 0 Å². The lowest BCUT2D eigenvalue weighted by Crippen LogP contribution is -2.55. The summed E-state index contributed by atoms with van der Waals surface area (Å²) in [5.41, 5.74) is 8.36. The van der Waals surface area contributed by atoms with E-state index < -0.39 is 0 Å². The molecule has 0 unspecified atom stereocenters. The average molecular weight is 343 g/mol. The van der Waals surface area contributed by atoms with E-state index in [0.717, 1.165) is 0 Å². The minimum Gasteiger partial charge on any atom is -0.314 e. The number of amides is 3. The van der Waals surface area contributed by atoms with Gasteiger partial charge in [0.05, 0.1) is 0 Å². The average Bonchev–Trinajstić information content (AvgIpc) is 2.45. The van der Waals surface area contributed by atoms with Gasteiger partial charge in [-0.1, -0.05) is 0 Å². The van der Waals surface area contributed by atoms with Crippen LogP contribution in [0.15, 0.2) is 0 Å². The van der Waals surface area contributed by atoms with Crippen molar-refractivity contribution in [1.82, 2.24) is 36.6 Å². The van der Waals surface area contributed by atoms with E-state index in [4.69, 9.17) is 0 Å². The highest BCUT2D eigenvalue weighted by Gasteiger charge is 2.15. The van der Waals surface area contributed by atoms with Crippen LogP contribution in [-0.4, -0.2) is 85.1 Å². The third kappa shape index (κ3) is 9.40. The molecule has 10 heteroatoms. The summed E-state index contributed by atoms with van der Waals surface area (Å²) in [6.45, 7) is 9.34. The Balaban J connectivity index is 2.68. The molecule has 0 aromatic carbocycles. The molecule has 1 saturated heterocycles. The predicted octanol–water partition coefficient (Wildman–Crippen LogP) is -2.35. The summed E-state index contributed by atoms with van der Waals surface area (Å²) >= 11 is 0. The third-order valence-electron chi connectivity index (χ3n) is 3.34. The van der Waals surface area contributed by atoms with Gasteiger partial charge in [0.2, 0.25) is 17.7 Å². The molecule has 10 nitrogen and oxygen atoms in total. The van der Waals surface area contributed by atoms with Gasteiger partial charge in [-0.15, -0.1) is 0 Å². The molecule has 24 heavy (non-hydrogen) atoms. The first-order valence-corrected chi connectivity index (χ1v) is 8.14. The monoisotopic (exact) mass is 343 g/mol. The molecule has 1 heterocycles. The summed E-state index contributed by atoms with van der Waals surface area (Å²) in [5, 5.41) is 8.74. The number of nitrogens with zero attached hydrogens (tertiary/aromatic N) is 3. The number of hydrogen-bond donors (Lipinski definition) is 4. The Labute approximate surface area is 142 Å². The van der Waals surface area contributed by atoms with Crippen LogP contribution in [0.2, 0.25) is 0 Å². The summed E-state index contributed by atoms with van der Waals surface area (Å²) in [4.78, 5) is 34.0. The molecule has 4 N–H and O–H groups in total. The van der Waals surface area contributed by atoms with Crippen molar-refractivity contribution in [1.29, 1.82) is 0 Å². The molecule has 0 aliphatic carbocycles. The molecule has 0 atom stereocenters. The first-order valence-electron chi connectivity index (χ1n) is 8.14. The van der Waals surface area contributed by atoms with Crippen LogP contribution in [0.4, 0.5) is 0 Å². The van der Waals surface area contributed by atoms with E-state index in [1.807, 2.05) is 10.0 Å². The summed E-state index contributed by atoms with van der Waals surface area (Å²) < 4.78 is 0. The number of carbonyl (C=O) groups excluding carboxylic acids is 3. The van der Waals surface area contributed by atoms with Crippen molar-refractivity contribution in [3.63, 3.8) is 0 Å². The van der Waals surface area contributed by atoms with Crippen molar-refractivity contribution in [2.24, 2.45) is 0 Å². The molecule has 138 valence electrons. The standard InChI is InChI=1S/C14H29N7O3/c1-12(22)16-19-6-4-15-5-7-20(17-13(2)23)9-11-21(10-8-19)18-14(3)24/h15H,4-11H2,1-3H3,(H,16,22)(H,17,23)(H,18,24). The number of hydrazine groups is 3. The molecule has 3 amide bonds. The normalized spacial score (nSPS) is 19.6. The maximum Gasteiger partial charge on any atom is 0.231 e.